The standard InChI is InChI=1S/C15H28O3/c1-2-14-18-15(17)12-10-8-6-4-3-5-7-9-11-13-16/h13H,2-12,14H2,1H3. The van der Waals surface area contributed by atoms with Crippen molar-refractivity contribution < 1.29 is 14.3 Å². The largest absolute Gasteiger partial charge is 0.466 e. The fourth-order valence-electron chi connectivity index (χ4n) is 1.85. The average Bonchev–Trinajstić information content (AvgIpc) is 2.38. The number of ether oxygens (including phenoxy) is 1. The van der Waals surface area contributed by atoms with E-state index in [-0.39, 0.29) is 5.97 Å². The van der Waals surface area contributed by atoms with E-state index in [0.29, 0.717) is 19.4 Å². The summed E-state index contributed by atoms with van der Waals surface area (Å²) in [6.45, 7) is 2.56. The fraction of sp³-hybridized carbons (Fsp3) is 0.867. The van der Waals surface area contributed by atoms with Crippen molar-refractivity contribution in [3.8, 4) is 0 Å². The molecule has 0 unspecified atom stereocenters. The second kappa shape index (κ2) is 14.2. The van der Waals surface area contributed by atoms with E-state index in [4.69, 9.17) is 4.74 Å². The van der Waals surface area contributed by atoms with Crippen LogP contribution in [0.1, 0.15) is 77.6 Å². The molecular formula is C15H28O3. The molecule has 0 radical (unpaired) electrons. The van der Waals surface area contributed by atoms with E-state index in [1.165, 1.54) is 32.1 Å². The molecule has 0 aliphatic heterocycles. The van der Waals surface area contributed by atoms with Crippen molar-refractivity contribution >= 4 is 12.3 Å². The van der Waals surface area contributed by atoms with Gasteiger partial charge in [0.15, 0.2) is 0 Å². The molecule has 0 aromatic rings. The molecule has 0 atom stereocenters. The minimum absolute atomic E-state index is 0.0503. The minimum Gasteiger partial charge on any atom is -0.466 e. The van der Waals surface area contributed by atoms with Gasteiger partial charge >= 0.3 is 5.97 Å². The van der Waals surface area contributed by atoms with Gasteiger partial charge in [0.25, 0.3) is 0 Å². The zero-order valence-electron chi connectivity index (χ0n) is 11.8. The van der Waals surface area contributed by atoms with Gasteiger partial charge in [0.1, 0.15) is 6.29 Å². The van der Waals surface area contributed by atoms with Gasteiger partial charge in [0, 0.05) is 12.8 Å². The van der Waals surface area contributed by atoms with Crippen LogP contribution in [0.25, 0.3) is 0 Å². The van der Waals surface area contributed by atoms with Gasteiger partial charge in [-0.15, -0.1) is 0 Å². The maximum atomic E-state index is 11.2. The van der Waals surface area contributed by atoms with Crippen LogP contribution in [0.3, 0.4) is 0 Å². The lowest BCUT2D eigenvalue weighted by molar-refractivity contribution is -0.143. The molecule has 0 amide bonds. The lowest BCUT2D eigenvalue weighted by Gasteiger charge is -2.03. The van der Waals surface area contributed by atoms with E-state index in [1.807, 2.05) is 6.92 Å². The third-order valence-electron chi connectivity index (χ3n) is 2.92. The van der Waals surface area contributed by atoms with Crippen LogP contribution in [0.5, 0.6) is 0 Å². The normalized spacial score (nSPS) is 10.3. The number of hydrogen-bond acceptors (Lipinski definition) is 3. The molecular weight excluding hydrogens is 228 g/mol. The topological polar surface area (TPSA) is 43.4 Å². The summed E-state index contributed by atoms with van der Waals surface area (Å²) in [6.07, 6.45) is 12.4. The summed E-state index contributed by atoms with van der Waals surface area (Å²) >= 11 is 0. The number of hydrogen-bond donors (Lipinski definition) is 0. The van der Waals surface area contributed by atoms with Crippen LogP contribution in [0.15, 0.2) is 0 Å². The van der Waals surface area contributed by atoms with Crippen LogP contribution < -0.4 is 0 Å². The van der Waals surface area contributed by atoms with E-state index < -0.39 is 0 Å². The molecule has 106 valence electrons. The van der Waals surface area contributed by atoms with Gasteiger partial charge in [0.05, 0.1) is 6.61 Å². The molecule has 0 spiro atoms. The predicted molar refractivity (Wildman–Crippen MR) is 73.5 cm³/mol. The average molecular weight is 256 g/mol. The fourth-order valence-corrected chi connectivity index (χ4v) is 1.85. The van der Waals surface area contributed by atoms with Crippen molar-refractivity contribution in [3.63, 3.8) is 0 Å². The Morgan fingerprint density at radius 3 is 2.06 bits per heavy atom. The lowest BCUT2D eigenvalue weighted by atomic mass is 10.1. The zero-order chi connectivity index (χ0) is 13.5. The molecule has 18 heavy (non-hydrogen) atoms. The first-order valence-corrected chi connectivity index (χ1v) is 7.40. The third-order valence-corrected chi connectivity index (χ3v) is 2.92. The molecule has 0 N–H and O–H groups in total. The Bertz CT molecular complexity index is 202. The second-order valence-corrected chi connectivity index (χ2v) is 4.75. The summed E-state index contributed by atoms with van der Waals surface area (Å²) in [4.78, 5) is 21.3. The highest BCUT2D eigenvalue weighted by Crippen LogP contribution is 2.10. The Labute approximate surface area is 111 Å². The summed E-state index contributed by atoms with van der Waals surface area (Å²) in [6, 6.07) is 0. The van der Waals surface area contributed by atoms with Gasteiger partial charge in [0.2, 0.25) is 0 Å². The molecule has 0 fully saturated rings. The van der Waals surface area contributed by atoms with E-state index >= 15 is 0 Å². The number of carbonyl (C=O) groups excluding carboxylic acids is 2. The van der Waals surface area contributed by atoms with Crippen LogP contribution in [0, 0.1) is 0 Å². The Hall–Kier alpha value is -0.860. The molecule has 0 saturated heterocycles. The number of unbranched alkanes of at least 4 members (excludes halogenated alkanes) is 8. The van der Waals surface area contributed by atoms with Gasteiger partial charge < -0.3 is 9.53 Å². The van der Waals surface area contributed by atoms with Gasteiger partial charge in [-0.1, -0.05) is 45.4 Å². The molecule has 0 aromatic carbocycles. The van der Waals surface area contributed by atoms with Crippen molar-refractivity contribution in [2.75, 3.05) is 6.61 Å². The number of carbonyl (C=O) groups is 2. The molecule has 0 aliphatic carbocycles. The first-order chi connectivity index (χ1) is 8.81. The minimum atomic E-state index is -0.0503. The molecule has 0 aliphatic rings. The van der Waals surface area contributed by atoms with Gasteiger partial charge in [-0.2, -0.15) is 0 Å². The first kappa shape index (κ1) is 17.1. The van der Waals surface area contributed by atoms with Crippen molar-refractivity contribution in [3.05, 3.63) is 0 Å². The predicted octanol–water partition coefficient (Wildman–Crippen LogP) is 4.04. The molecule has 3 heteroatoms. The van der Waals surface area contributed by atoms with E-state index in [9.17, 15) is 9.59 Å². The Balaban J connectivity index is 3.06. The monoisotopic (exact) mass is 256 g/mol. The summed E-state index contributed by atoms with van der Waals surface area (Å²) in [7, 11) is 0. The maximum absolute atomic E-state index is 11.2. The number of esters is 1. The van der Waals surface area contributed by atoms with Crippen molar-refractivity contribution in [1.82, 2.24) is 0 Å². The summed E-state index contributed by atoms with van der Waals surface area (Å²) in [5.41, 5.74) is 0. The highest BCUT2D eigenvalue weighted by atomic mass is 16.5. The van der Waals surface area contributed by atoms with Crippen LogP contribution in [-0.2, 0) is 14.3 Å². The molecule has 0 aromatic heterocycles. The summed E-state index contributed by atoms with van der Waals surface area (Å²) < 4.78 is 5.01. The second-order valence-electron chi connectivity index (χ2n) is 4.75. The Morgan fingerprint density at radius 1 is 0.944 bits per heavy atom. The van der Waals surface area contributed by atoms with Crippen LogP contribution in [0.4, 0.5) is 0 Å². The van der Waals surface area contributed by atoms with Crippen molar-refractivity contribution in [2.24, 2.45) is 0 Å². The summed E-state index contributed by atoms with van der Waals surface area (Å²) in [5, 5.41) is 0. The highest BCUT2D eigenvalue weighted by Gasteiger charge is 2.01. The third kappa shape index (κ3) is 13.2. The van der Waals surface area contributed by atoms with Gasteiger partial charge in [-0.05, 0) is 19.3 Å². The number of rotatable bonds is 13. The summed E-state index contributed by atoms with van der Waals surface area (Å²) in [5.74, 6) is -0.0503. The van der Waals surface area contributed by atoms with Crippen LogP contribution >= 0.6 is 0 Å². The van der Waals surface area contributed by atoms with E-state index in [0.717, 1.165) is 32.0 Å². The highest BCUT2D eigenvalue weighted by molar-refractivity contribution is 5.69. The van der Waals surface area contributed by atoms with Gasteiger partial charge in [-0.25, -0.2) is 0 Å². The molecule has 0 rings (SSSR count). The quantitative estimate of drug-likeness (QED) is 0.284. The molecule has 0 heterocycles. The zero-order valence-corrected chi connectivity index (χ0v) is 11.8. The Morgan fingerprint density at radius 2 is 1.50 bits per heavy atom. The van der Waals surface area contributed by atoms with Crippen molar-refractivity contribution in [1.29, 1.82) is 0 Å². The lowest BCUT2D eigenvalue weighted by Crippen LogP contribution is -2.04. The Kier molecular flexibility index (Phi) is 13.5. The first-order valence-electron chi connectivity index (χ1n) is 7.40. The maximum Gasteiger partial charge on any atom is 0.305 e. The molecule has 0 saturated carbocycles. The number of aldehydes is 1. The van der Waals surface area contributed by atoms with Gasteiger partial charge in [-0.3, -0.25) is 4.79 Å². The SMILES string of the molecule is CCCOC(=O)CCCCCCCCCCC=O. The van der Waals surface area contributed by atoms with Crippen molar-refractivity contribution in [2.45, 2.75) is 77.6 Å². The van der Waals surface area contributed by atoms with Crippen LogP contribution in [0.2, 0.25) is 0 Å². The smallest absolute Gasteiger partial charge is 0.305 e. The van der Waals surface area contributed by atoms with Crippen LogP contribution in [-0.4, -0.2) is 18.9 Å². The van der Waals surface area contributed by atoms with E-state index in [1.54, 1.807) is 0 Å². The molecule has 3 nitrogen and oxygen atoms in total. The van der Waals surface area contributed by atoms with E-state index in [2.05, 4.69) is 0 Å². The molecule has 0 bridgehead atoms.